The van der Waals surface area contributed by atoms with E-state index in [1.54, 1.807) is 0 Å². The number of amides is 3. The zero-order valence-electron chi connectivity index (χ0n) is 20.1. The summed E-state index contributed by atoms with van der Waals surface area (Å²) in [5.74, 6) is -10.1. The Balaban J connectivity index is 1.57. The van der Waals surface area contributed by atoms with Crippen LogP contribution < -0.4 is 16.0 Å². The van der Waals surface area contributed by atoms with Crippen LogP contribution in [0.3, 0.4) is 0 Å². The fourth-order valence-corrected chi connectivity index (χ4v) is 5.64. The topological polar surface area (TPSA) is 87.3 Å². The van der Waals surface area contributed by atoms with E-state index in [0.717, 1.165) is 12.1 Å². The molecule has 0 radical (unpaired) electrons. The van der Waals surface area contributed by atoms with Gasteiger partial charge in [-0.3, -0.25) is 14.4 Å². The highest BCUT2D eigenvalue weighted by atomic mass is 35.5. The quantitative estimate of drug-likeness (QED) is 0.130. The molecule has 42 heavy (non-hydrogen) atoms. The number of nitrogens with one attached hydrogen (secondary N) is 3. The van der Waals surface area contributed by atoms with Crippen LogP contribution in [0.15, 0.2) is 36.4 Å². The van der Waals surface area contributed by atoms with Gasteiger partial charge in [0.05, 0.1) is 37.3 Å². The number of halogens is 11. The van der Waals surface area contributed by atoms with E-state index in [1.807, 2.05) is 5.32 Å². The minimum atomic E-state index is -3.51. The Hall–Kier alpha value is -2.54. The minimum absolute atomic E-state index is 0.0744. The predicted molar refractivity (Wildman–Crippen MR) is 151 cm³/mol. The van der Waals surface area contributed by atoms with E-state index in [4.69, 9.17) is 69.6 Å². The summed E-state index contributed by atoms with van der Waals surface area (Å²) in [5.41, 5.74) is -2.64. The van der Waals surface area contributed by atoms with E-state index >= 15 is 0 Å². The lowest BCUT2D eigenvalue weighted by Gasteiger charge is -2.14. The predicted octanol–water partition coefficient (Wildman–Crippen LogP) is 8.70. The van der Waals surface area contributed by atoms with E-state index < -0.39 is 79.7 Å². The van der Waals surface area contributed by atoms with Gasteiger partial charge in [-0.15, -0.1) is 23.2 Å². The smallest absolute Gasteiger partial charge is 0.315 e. The summed E-state index contributed by atoms with van der Waals surface area (Å²) < 4.78 is 67.2. The maximum atomic E-state index is 14.8. The molecule has 2 atom stereocenters. The summed E-state index contributed by atoms with van der Waals surface area (Å²) >= 11 is 36.6. The van der Waals surface area contributed by atoms with Gasteiger partial charge in [0.1, 0.15) is 21.7 Å². The molecule has 0 bridgehead atoms. The van der Waals surface area contributed by atoms with E-state index in [1.165, 1.54) is 17.4 Å². The number of carbonyl (C=O) groups is 3. The van der Waals surface area contributed by atoms with Crippen LogP contribution in [0.5, 0.6) is 0 Å². The first-order chi connectivity index (χ1) is 19.5. The molecule has 0 saturated heterocycles. The molecule has 0 heterocycles. The van der Waals surface area contributed by atoms with Crippen molar-refractivity contribution in [1.29, 1.82) is 0 Å². The third-order valence-corrected chi connectivity index (χ3v) is 8.55. The van der Waals surface area contributed by atoms with Crippen LogP contribution in [0.2, 0.25) is 20.1 Å². The average molecular weight is 710 g/mol. The minimum Gasteiger partial charge on any atom is -0.326 e. The molecular weight excluding hydrogens is 698 g/mol. The summed E-state index contributed by atoms with van der Waals surface area (Å²) in [5, 5.41) is 5.14. The zero-order valence-corrected chi connectivity index (χ0v) is 24.6. The zero-order chi connectivity index (χ0) is 31.3. The van der Waals surface area contributed by atoms with Gasteiger partial charge in [0.2, 0.25) is 5.91 Å². The van der Waals surface area contributed by atoms with Crippen molar-refractivity contribution in [3.8, 4) is 0 Å². The lowest BCUT2D eigenvalue weighted by atomic mass is 10.1. The molecular formula is C25H12Cl6F5N3O3. The van der Waals surface area contributed by atoms with Gasteiger partial charge in [-0.05, 0) is 42.0 Å². The molecule has 3 aromatic rings. The first kappa shape index (κ1) is 32.4. The second-order valence-corrected chi connectivity index (χ2v) is 11.8. The van der Waals surface area contributed by atoms with Crippen LogP contribution in [-0.2, 0) is 9.59 Å². The van der Waals surface area contributed by atoms with Gasteiger partial charge in [0.15, 0.2) is 5.82 Å². The highest BCUT2D eigenvalue weighted by Gasteiger charge is 2.67. The van der Waals surface area contributed by atoms with Crippen molar-refractivity contribution >= 4 is 104 Å². The van der Waals surface area contributed by atoms with Crippen LogP contribution in [0.25, 0.3) is 0 Å². The van der Waals surface area contributed by atoms with Gasteiger partial charge in [-0.1, -0.05) is 46.4 Å². The fraction of sp³-hybridized carbons (Fsp3) is 0.160. The van der Waals surface area contributed by atoms with Crippen molar-refractivity contribution in [2.24, 2.45) is 5.92 Å². The van der Waals surface area contributed by atoms with Gasteiger partial charge in [0, 0.05) is 11.6 Å². The fourth-order valence-electron chi connectivity index (χ4n) is 4.00. The van der Waals surface area contributed by atoms with Crippen molar-refractivity contribution in [1.82, 2.24) is 0 Å². The first-order valence-electron chi connectivity index (χ1n) is 11.2. The normalized spacial score (nSPS) is 17.1. The SMILES string of the molecule is O=C(Nc1c(F)ccc(NC(=O)C(F)F)c1F)c1cc(NC(=O)C2[C@H](c3cc(Cl)c(Cl)c(Cl)c3)C2(Cl)Cl)cc(F)c1Cl. The van der Waals surface area contributed by atoms with Crippen molar-refractivity contribution in [2.45, 2.75) is 16.7 Å². The summed E-state index contributed by atoms with van der Waals surface area (Å²) in [6, 6.07) is 5.73. The number of hydrogen-bond acceptors (Lipinski definition) is 3. The molecule has 17 heteroatoms. The Kier molecular flexibility index (Phi) is 9.42. The number of alkyl halides is 4. The molecule has 0 aliphatic heterocycles. The van der Waals surface area contributed by atoms with Gasteiger partial charge in [0.25, 0.3) is 11.8 Å². The molecule has 222 valence electrons. The van der Waals surface area contributed by atoms with Crippen molar-refractivity contribution in [3.05, 3.63) is 85.1 Å². The number of rotatable bonds is 7. The molecule has 1 unspecified atom stereocenters. The van der Waals surface area contributed by atoms with E-state index in [0.29, 0.717) is 17.7 Å². The standard InChI is InChI=1S/C25H12Cl6F5N3O3/c26-10-3-7(4-11(27)18(10)29)15-16(25(15,30)31)23(41)37-8-5-9(17(28)13(33)6-8)22(40)39-20-12(32)1-2-14(19(20)34)38-24(42)21(35)36/h1-6,15-16,21H,(H,37,41)(H,38,42)(H,39,40)/t15-,16?/m0/s1. The molecule has 1 saturated carbocycles. The molecule has 3 N–H and O–H groups in total. The molecule has 1 aliphatic carbocycles. The van der Waals surface area contributed by atoms with Crippen molar-refractivity contribution in [2.75, 3.05) is 16.0 Å². The van der Waals surface area contributed by atoms with Crippen LogP contribution >= 0.6 is 69.6 Å². The van der Waals surface area contributed by atoms with Crippen LogP contribution in [0.1, 0.15) is 21.8 Å². The molecule has 1 fully saturated rings. The third kappa shape index (κ3) is 6.36. The highest BCUT2D eigenvalue weighted by molar-refractivity contribution is 6.54. The van der Waals surface area contributed by atoms with E-state index in [-0.39, 0.29) is 20.8 Å². The Morgan fingerprint density at radius 1 is 0.810 bits per heavy atom. The molecule has 6 nitrogen and oxygen atoms in total. The van der Waals surface area contributed by atoms with Gasteiger partial charge < -0.3 is 16.0 Å². The summed E-state index contributed by atoms with van der Waals surface area (Å²) in [6.07, 6.45) is -3.51. The molecule has 0 spiro atoms. The molecule has 3 amide bonds. The van der Waals surface area contributed by atoms with Crippen molar-refractivity contribution in [3.63, 3.8) is 0 Å². The molecule has 4 rings (SSSR count). The van der Waals surface area contributed by atoms with Crippen LogP contribution in [0, 0.1) is 23.4 Å². The van der Waals surface area contributed by atoms with Crippen molar-refractivity contribution < 1.29 is 36.3 Å². The highest BCUT2D eigenvalue weighted by Crippen LogP contribution is 2.65. The van der Waals surface area contributed by atoms with Gasteiger partial charge >= 0.3 is 6.43 Å². The van der Waals surface area contributed by atoms with E-state index in [2.05, 4.69) is 5.32 Å². The molecule has 1 aliphatic rings. The second-order valence-electron chi connectivity index (χ2n) is 8.77. The summed E-state index contributed by atoms with van der Waals surface area (Å²) in [7, 11) is 0. The largest absolute Gasteiger partial charge is 0.326 e. The number of anilines is 3. The Morgan fingerprint density at radius 2 is 1.43 bits per heavy atom. The first-order valence-corrected chi connectivity index (χ1v) is 13.5. The number of hydrogen-bond donors (Lipinski definition) is 3. The maximum Gasteiger partial charge on any atom is 0.315 e. The number of benzene rings is 3. The maximum absolute atomic E-state index is 14.8. The monoisotopic (exact) mass is 707 g/mol. The van der Waals surface area contributed by atoms with Crippen LogP contribution in [0.4, 0.5) is 39.0 Å². The average Bonchev–Trinajstić information content (AvgIpc) is 3.49. The third-order valence-electron chi connectivity index (χ3n) is 6.03. The lowest BCUT2D eigenvalue weighted by Crippen LogP contribution is -2.22. The lowest BCUT2D eigenvalue weighted by molar-refractivity contribution is -0.126. The van der Waals surface area contributed by atoms with Gasteiger partial charge in [-0.25, -0.2) is 13.2 Å². The molecule has 3 aromatic carbocycles. The van der Waals surface area contributed by atoms with Gasteiger partial charge in [-0.2, -0.15) is 8.78 Å². The number of carbonyl (C=O) groups excluding carboxylic acids is 3. The van der Waals surface area contributed by atoms with E-state index in [9.17, 15) is 36.3 Å². The summed E-state index contributed by atoms with van der Waals surface area (Å²) in [4.78, 5) is 37.1. The Bertz CT molecular complexity index is 1620. The van der Waals surface area contributed by atoms with Crippen LogP contribution in [-0.4, -0.2) is 28.5 Å². The molecule has 0 aromatic heterocycles. The Morgan fingerprint density at radius 3 is 2.02 bits per heavy atom. The second kappa shape index (κ2) is 12.2. The summed E-state index contributed by atoms with van der Waals surface area (Å²) in [6.45, 7) is 0. The Labute approximate surface area is 263 Å².